The standard InChI is InChI=1S/C12H14N2O2/c1-12(5-15-6-12)7-16-9-2-3-10-11(4-9)14-8-13-10/h2-4,8H,5-7H2,1H3,(H,13,14). The third-order valence-corrected chi connectivity index (χ3v) is 2.88. The van der Waals surface area contributed by atoms with E-state index in [1.54, 1.807) is 6.33 Å². The van der Waals surface area contributed by atoms with E-state index in [1.807, 2.05) is 18.2 Å². The van der Waals surface area contributed by atoms with Crippen molar-refractivity contribution in [3.05, 3.63) is 24.5 Å². The van der Waals surface area contributed by atoms with E-state index >= 15 is 0 Å². The van der Waals surface area contributed by atoms with Gasteiger partial charge in [0, 0.05) is 11.5 Å². The van der Waals surface area contributed by atoms with Crippen LogP contribution in [0.4, 0.5) is 0 Å². The van der Waals surface area contributed by atoms with E-state index in [0.717, 1.165) is 30.0 Å². The van der Waals surface area contributed by atoms with Crippen molar-refractivity contribution in [2.75, 3.05) is 19.8 Å². The minimum absolute atomic E-state index is 0.183. The van der Waals surface area contributed by atoms with Crippen molar-refractivity contribution >= 4 is 11.0 Å². The molecule has 0 radical (unpaired) electrons. The van der Waals surface area contributed by atoms with Gasteiger partial charge in [-0.2, -0.15) is 0 Å². The van der Waals surface area contributed by atoms with Crippen LogP contribution >= 0.6 is 0 Å². The van der Waals surface area contributed by atoms with Crippen LogP contribution in [0.25, 0.3) is 11.0 Å². The van der Waals surface area contributed by atoms with Gasteiger partial charge >= 0.3 is 0 Å². The van der Waals surface area contributed by atoms with Crippen molar-refractivity contribution in [3.63, 3.8) is 0 Å². The van der Waals surface area contributed by atoms with Gasteiger partial charge in [-0.05, 0) is 12.1 Å². The zero-order valence-electron chi connectivity index (χ0n) is 9.19. The molecule has 1 saturated heterocycles. The van der Waals surface area contributed by atoms with Crippen LogP contribution in [0.1, 0.15) is 6.92 Å². The lowest BCUT2D eigenvalue weighted by atomic mass is 9.90. The Bertz CT molecular complexity index is 502. The maximum Gasteiger partial charge on any atom is 0.121 e. The number of hydrogen-bond acceptors (Lipinski definition) is 3. The molecule has 1 aromatic heterocycles. The quantitative estimate of drug-likeness (QED) is 0.856. The third kappa shape index (κ3) is 1.65. The minimum atomic E-state index is 0.183. The van der Waals surface area contributed by atoms with Gasteiger partial charge in [0.15, 0.2) is 0 Å². The lowest BCUT2D eigenvalue weighted by Gasteiger charge is -2.37. The van der Waals surface area contributed by atoms with E-state index in [4.69, 9.17) is 9.47 Å². The molecule has 2 aromatic rings. The summed E-state index contributed by atoms with van der Waals surface area (Å²) in [5.74, 6) is 0.880. The molecule has 0 saturated carbocycles. The zero-order chi connectivity index (χ0) is 11.0. The smallest absolute Gasteiger partial charge is 0.121 e. The average Bonchev–Trinajstić information content (AvgIpc) is 2.70. The number of ether oxygens (including phenoxy) is 2. The zero-order valence-corrected chi connectivity index (χ0v) is 9.19. The summed E-state index contributed by atoms with van der Waals surface area (Å²) in [6.07, 6.45) is 1.69. The van der Waals surface area contributed by atoms with Crippen molar-refractivity contribution in [2.24, 2.45) is 5.41 Å². The first-order valence-corrected chi connectivity index (χ1v) is 5.39. The monoisotopic (exact) mass is 218 g/mol. The summed E-state index contributed by atoms with van der Waals surface area (Å²) < 4.78 is 11.0. The largest absolute Gasteiger partial charge is 0.493 e. The lowest BCUT2D eigenvalue weighted by molar-refractivity contribution is -0.120. The second-order valence-electron chi connectivity index (χ2n) is 4.67. The van der Waals surface area contributed by atoms with Gasteiger partial charge < -0.3 is 14.5 Å². The third-order valence-electron chi connectivity index (χ3n) is 2.88. The Kier molecular flexibility index (Phi) is 2.11. The molecule has 1 N–H and O–H groups in total. The SMILES string of the molecule is CC1(COc2ccc3nc[nH]c3c2)COC1. The summed E-state index contributed by atoms with van der Waals surface area (Å²) in [6, 6.07) is 5.89. The topological polar surface area (TPSA) is 47.1 Å². The molecule has 2 heterocycles. The number of rotatable bonds is 3. The fourth-order valence-electron chi connectivity index (χ4n) is 1.80. The molecular weight excluding hydrogens is 204 g/mol. The Morgan fingerprint density at radius 1 is 1.50 bits per heavy atom. The second kappa shape index (κ2) is 3.49. The highest BCUT2D eigenvalue weighted by Gasteiger charge is 2.34. The van der Waals surface area contributed by atoms with E-state index < -0.39 is 0 Å². The highest BCUT2D eigenvalue weighted by atomic mass is 16.5. The van der Waals surface area contributed by atoms with Crippen LogP contribution in [0.15, 0.2) is 24.5 Å². The van der Waals surface area contributed by atoms with E-state index in [2.05, 4.69) is 16.9 Å². The summed E-state index contributed by atoms with van der Waals surface area (Å²) >= 11 is 0. The first-order valence-electron chi connectivity index (χ1n) is 5.39. The number of aromatic amines is 1. The molecule has 1 aromatic carbocycles. The van der Waals surface area contributed by atoms with Gasteiger partial charge in [0.05, 0.1) is 37.2 Å². The van der Waals surface area contributed by atoms with Crippen LogP contribution in [0, 0.1) is 5.41 Å². The van der Waals surface area contributed by atoms with Crippen LogP contribution in [-0.4, -0.2) is 29.8 Å². The molecule has 0 aliphatic carbocycles. The fraction of sp³-hybridized carbons (Fsp3) is 0.417. The predicted molar refractivity (Wildman–Crippen MR) is 60.5 cm³/mol. The highest BCUT2D eigenvalue weighted by Crippen LogP contribution is 2.28. The first kappa shape index (κ1) is 9.66. The Morgan fingerprint density at radius 3 is 3.12 bits per heavy atom. The fourth-order valence-corrected chi connectivity index (χ4v) is 1.80. The molecule has 0 atom stereocenters. The van der Waals surface area contributed by atoms with Crippen LogP contribution in [-0.2, 0) is 4.74 Å². The molecule has 0 unspecified atom stereocenters. The predicted octanol–water partition coefficient (Wildman–Crippen LogP) is 1.98. The summed E-state index contributed by atoms with van der Waals surface area (Å²) in [4.78, 5) is 7.23. The second-order valence-corrected chi connectivity index (χ2v) is 4.67. The van der Waals surface area contributed by atoms with Gasteiger partial charge in [-0.1, -0.05) is 6.92 Å². The van der Waals surface area contributed by atoms with Gasteiger partial charge in [-0.3, -0.25) is 0 Å². The molecule has 84 valence electrons. The number of nitrogens with zero attached hydrogens (tertiary/aromatic N) is 1. The van der Waals surface area contributed by atoms with Gasteiger partial charge in [-0.25, -0.2) is 4.98 Å². The number of imidazole rings is 1. The van der Waals surface area contributed by atoms with Crippen molar-refractivity contribution in [1.82, 2.24) is 9.97 Å². The van der Waals surface area contributed by atoms with Crippen molar-refractivity contribution in [1.29, 1.82) is 0 Å². The van der Waals surface area contributed by atoms with Crippen LogP contribution < -0.4 is 4.74 Å². The van der Waals surface area contributed by atoms with Crippen molar-refractivity contribution in [3.8, 4) is 5.75 Å². The Hall–Kier alpha value is -1.55. The Morgan fingerprint density at radius 2 is 2.38 bits per heavy atom. The summed E-state index contributed by atoms with van der Waals surface area (Å²) in [5, 5.41) is 0. The lowest BCUT2D eigenvalue weighted by Crippen LogP contribution is -2.44. The van der Waals surface area contributed by atoms with Crippen LogP contribution in [0.5, 0.6) is 5.75 Å². The van der Waals surface area contributed by atoms with E-state index in [9.17, 15) is 0 Å². The van der Waals surface area contributed by atoms with E-state index in [0.29, 0.717) is 6.61 Å². The Balaban J connectivity index is 1.73. The van der Waals surface area contributed by atoms with E-state index in [-0.39, 0.29) is 5.41 Å². The number of fused-ring (bicyclic) bond motifs is 1. The van der Waals surface area contributed by atoms with E-state index in [1.165, 1.54) is 0 Å². The number of nitrogens with one attached hydrogen (secondary N) is 1. The number of H-pyrrole nitrogens is 1. The number of hydrogen-bond donors (Lipinski definition) is 1. The average molecular weight is 218 g/mol. The molecule has 1 aliphatic heterocycles. The molecule has 0 spiro atoms. The Labute approximate surface area is 93.6 Å². The minimum Gasteiger partial charge on any atom is -0.493 e. The molecule has 1 fully saturated rings. The van der Waals surface area contributed by atoms with Gasteiger partial charge in [-0.15, -0.1) is 0 Å². The molecule has 4 nitrogen and oxygen atoms in total. The number of benzene rings is 1. The first-order chi connectivity index (χ1) is 7.75. The maximum atomic E-state index is 5.76. The molecule has 16 heavy (non-hydrogen) atoms. The van der Waals surface area contributed by atoms with Crippen molar-refractivity contribution in [2.45, 2.75) is 6.92 Å². The molecule has 1 aliphatic rings. The normalized spacial score (nSPS) is 18.3. The summed E-state index contributed by atoms with van der Waals surface area (Å²) in [5.41, 5.74) is 2.15. The highest BCUT2D eigenvalue weighted by molar-refractivity contribution is 5.75. The maximum absolute atomic E-state index is 5.76. The summed E-state index contributed by atoms with van der Waals surface area (Å²) in [6.45, 7) is 4.45. The van der Waals surface area contributed by atoms with Gasteiger partial charge in [0.2, 0.25) is 0 Å². The van der Waals surface area contributed by atoms with Crippen LogP contribution in [0.3, 0.4) is 0 Å². The molecule has 3 rings (SSSR count). The van der Waals surface area contributed by atoms with Gasteiger partial charge in [0.25, 0.3) is 0 Å². The summed E-state index contributed by atoms with van der Waals surface area (Å²) in [7, 11) is 0. The number of aromatic nitrogens is 2. The molecular formula is C12H14N2O2. The molecule has 4 heteroatoms. The van der Waals surface area contributed by atoms with Crippen LogP contribution in [0.2, 0.25) is 0 Å². The molecule has 0 bridgehead atoms. The molecule has 0 amide bonds. The van der Waals surface area contributed by atoms with Crippen molar-refractivity contribution < 1.29 is 9.47 Å². The van der Waals surface area contributed by atoms with Gasteiger partial charge in [0.1, 0.15) is 5.75 Å².